The highest BCUT2D eigenvalue weighted by atomic mass is 15.3. The van der Waals surface area contributed by atoms with Crippen molar-refractivity contribution in [3.8, 4) is 0 Å². The van der Waals surface area contributed by atoms with Crippen molar-refractivity contribution in [2.24, 2.45) is 5.92 Å². The Labute approximate surface area is 86.5 Å². The van der Waals surface area contributed by atoms with E-state index in [1.165, 1.54) is 6.42 Å². The number of hydrogen-bond donors (Lipinski definition) is 1. The summed E-state index contributed by atoms with van der Waals surface area (Å²) in [5.74, 6) is 0.640. The van der Waals surface area contributed by atoms with Gasteiger partial charge < -0.3 is 5.32 Å². The molecule has 0 fully saturated rings. The van der Waals surface area contributed by atoms with Crippen molar-refractivity contribution in [2.45, 2.75) is 33.7 Å². The first-order valence-corrected chi connectivity index (χ1v) is 5.43. The van der Waals surface area contributed by atoms with Crippen LogP contribution in [0.15, 0.2) is 12.3 Å². The molecule has 0 saturated heterocycles. The van der Waals surface area contributed by atoms with Crippen LogP contribution in [0.4, 0.5) is 0 Å². The minimum Gasteiger partial charge on any atom is -0.316 e. The number of hydrogen-bond acceptors (Lipinski definition) is 2. The molecule has 0 amide bonds. The molecule has 0 bridgehead atoms. The molecule has 0 saturated carbocycles. The van der Waals surface area contributed by atoms with E-state index in [2.05, 4.69) is 24.3 Å². The average molecular weight is 195 g/mol. The average Bonchev–Trinajstić information content (AvgIpc) is 2.52. The van der Waals surface area contributed by atoms with Gasteiger partial charge in [0.15, 0.2) is 0 Å². The van der Waals surface area contributed by atoms with Gasteiger partial charge in [-0.15, -0.1) is 0 Å². The number of nitrogens with zero attached hydrogens (tertiary/aromatic N) is 2. The first-order chi connectivity index (χ1) is 6.72. The molecule has 1 heterocycles. The standard InChI is InChI=1S/C11H21N3/c1-4-6-12-8-10(2)9-14-7-5-11(3)13-14/h5,7,10,12H,4,6,8-9H2,1-3H3. The van der Waals surface area contributed by atoms with Crippen LogP contribution >= 0.6 is 0 Å². The molecule has 0 aliphatic rings. The summed E-state index contributed by atoms with van der Waals surface area (Å²) < 4.78 is 2.02. The number of aromatic nitrogens is 2. The van der Waals surface area contributed by atoms with Gasteiger partial charge in [0, 0.05) is 12.7 Å². The minimum absolute atomic E-state index is 0.640. The predicted octanol–water partition coefficient (Wildman–Crippen LogP) is 1.83. The van der Waals surface area contributed by atoms with Crippen LogP contribution in [0.2, 0.25) is 0 Å². The van der Waals surface area contributed by atoms with E-state index in [-0.39, 0.29) is 0 Å². The summed E-state index contributed by atoms with van der Waals surface area (Å²) in [6.07, 6.45) is 3.25. The van der Waals surface area contributed by atoms with E-state index < -0.39 is 0 Å². The highest BCUT2D eigenvalue weighted by Crippen LogP contribution is 2.00. The third kappa shape index (κ3) is 3.92. The van der Waals surface area contributed by atoms with Gasteiger partial charge in [-0.2, -0.15) is 5.10 Å². The lowest BCUT2D eigenvalue weighted by Gasteiger charge is -2.12. The Morgan fingerprint density at radius 2 is 2.36 bits per heavy atom. The minimum atomic E-state index is 0.640. The second kappa shape index (κ2) is 5.81. The second-order valence-electron chi connectivity index (χ2n) is 3.99. The molecule has 1 aromatic rings. The normalized spacial score (nSPS) is 13.1. The van der Waals surface area contributed by atoms with Gasteiger partial charge in [-0.3, -0.25) is 4.68 Å². The Morgan fingerprint density at radius 3 is 2.93 bits per heavy atom. The molecule has 80 valence electrons. The van der Waals surface area contributed by atoms with Gasteiger partial charge in [0.25, 0.3) is 0 Å². The third-order valence-electron chi connectivity index (χ3n) is 2.19. The van der Waals surface area contributed by atoms with Crippen molar-refractivity contribution >= 4 is 0 Å². The monoisotopic (exact) mass is 195 g/mol. The van der Waals surface area contributed by atoms with Crippen LogP contribution < -0.4 is 5.32 Å². The number of aryl methyl sites for hydroxylation is 1. The van der Waals surface area contributed by atoms with E-state index in [1.807, 2.05) is 23.9 Å². The van der Waals surface area contributed by atoms with Crippen LogP contribution in [0.5, 0.6) is 0 Å². The first kappa shape index (κ1) is 11.2. The molecule has 1 atom stereocenters. The lowest BCUT2D eigenvalue weighted by atomic mass is 10.2. The van der Waals surface area contributed by atoms with Crippen LogP contribution in [0.1, 0.15) is 26.0 Å². The number of nitrogens with one attached hydrogen (secondary N) is 1. The Morgan fingerprint density at radius 1 is 1.57 bits per heavy atom. The third-order valence-corrected chi connectivity index (χ3v) is 2.19. The van der Waals surface area contributed by atoms with Crippen molar-refractivity contribution in [2.75, 3.05) is 13.1 Å². The molecule has 0 aliphatic carbocycles. The maximum atomic E-state index is 4.37. The fraction of sp³-hybridized carbons (Fsp3) is 0.727. The van der Waals surface area contributed by atoms with Crippen LogP contribution in [0, 0.1) is 12.8 Å². The smallest absolute Gasteiger partial charge is 0.0593 e. The maximum Gasteiger partial charge on any atom is 0.0593 e. The molecular weight excluding hydrogens is 174 g/mol. The molecular formula is C11H21N3. The van der Waals surface area contributed by atoms with E-state index in [4.69, 9.17) is 0 Å². The summed E-state index contributed by atoms with van der Waals surface area (Å²) in [5, 5.41) is 7.79. The van der Waals surface area contributed by atoms with Crippen molar-refractivity contribution in [3.05, 3.63) is 18.0 Å². The molecule has 3 nitrogen and oxygen atoms in total. The summed E-state index contributed by atoms with van der Waals surface area (Å²) in [7, 11) is 0. The lowest BCUT2D eigenvalue weighted by molar-refractivity contribution is 0.421. The van der Waals surface area contributed by atoms with E-state index in [1.54, 1.807) is 0 Å². The van der Waals surface area contributed by atoms with Crippen molar-refractivity contribution in [1.29, 1.82) is 0 Å². The SMILES string of the molecule is CCCNCC(C)Cn1ccc(C)n1. The van der Waals surface area contributed by atoms with E-state index in [9.17, 15) is 0 Å². The van der Waals surface area contributed by atoms with Gasteiger partial charge in [0.2, 0.25) is 0 Å². The summed E-state index contributed by atoms with van der Waals surface area (Å²) in [6.45, 7) is 9.66. The summed E-state index contributed by atoms with van der Waals surface area (Å²) >= 11 is 0. The highest BCUT2D eigenvalue weighted by Gasteiger charge is 2.02. The molecule has 14 heavy (non-hydrogen) atoms. The van der Waals surface area contributed by atoms with Gasteiger partial charge >= 0.3 is 0 Å². The van der Waals surface area contributed by atoms with E-state index in [0.29, 0.717) is 5.92 Å². The first-order valence-electron chi connectivity index (χ1n) is 5.43. The maximum absolute atomic E-state index is 4.37. The lowest BCUT2D eigenvalue weighted by Crippen LogP contribution is -2.24. The molecule has 1 aromatic heterocycles. The van der Waals surface area contributed by atoms with Crippen molar-refractivity contribution in [1.82, 2.24) is 15.1 Å². The van der Waals surface area contributed by atoms with Crippen LogP contribution in [-0.4, -0.2) is 22.9 Å². The van der Waals surface area contributed by atoms with Gasteiger partial charge in [-0.1, -0.05) is 13.8 Å². The largest absolute Gasteiger partial charge is 0.316 e. The van der Waals surface area contributed by atoms with Gasteiger partial charge in [0.05, 0.1) is 5.69 Å². The van der Waals surface area contributed by atoms with Crippen LogP contribution in [-0.2, 0) is 6.54 Å². The Hall–Kier alpha value is -0.830. The topological polar surface area (TPSA) is 29.9 Å². The summed E-state index contributed by atoms with van der Waals surface area (Å²) in [4.78, 5) is 0. The molecule has 0 spiro atoms. The van der Waals surface area contributed by atoms with Gasteiger partial charge in [0.1, 0.15) is 0 Å². The van der Waals surface area contributed by atoms with E-state index in [0.717, 1.165) is 25.3 Å². The van der Waals surface area contributed by atoms with Crippen LogP contribution in [0.3, 0.4) is 0 Å². The van der Waals surface area contributed by atoms with Crippen LogP contribution in [0.25, 0.3) is 0 Å². The zero-order valence-electron chi connectivity index (χ0n) is 9.45. The molecule has 1 rings (SSSR count). The zero-order valence-corrected chi connectivity index (χ0v) is 9.45. The molecule has 1 N–H and O–H groups in total. The second-order valence-corrected chi connectivity index (χ2v) is 3.99. The van der Waals surface area contributed by atoms with Crippen molar-refractivity contribution in [3.63, 3.8) is 0 Å². The Kier molecular flexibility index (Phi) is 4.66. The Bertz CT molecular complexity index is 255. The Balaban J connectivity index is 2.23. The van der Waals surface area contributed by atoms with E-state index >= 15 is 0 Å². The van der Waals surface area contributed by atoms with Gasteiger partial charge in [-0.05, 0) is 38.4 Å². The molecule has 3 heteroatoms. The fourth-order valence-electron chi connectivity index (χ4n) is 1.47. The number of rotatable bonds is 6. The fourth-order valence-corrected chi connectivity index (χ4v) is 1.47. The summed E-state index contributed by atoms with van der Waals surface area (Å²) in [5.41, 5.74) is 1.10. The molecule has 0 radical (unpaired) electrons. The molecule has 0 aromatic carbocycles. The quantitative estimate of drug-likeness (QED) is 0.702. The molecule has 1 unspecified atom stereocenters. The van der Waals surface area contributed by atoms with Gasteiger partial charge in [-0.25, -0.2) is 0 Å². The zero-order chi connectivity index (χ0) is 10.4. The predicted molar refractivity (Wildman–Crippen MR) is 59.3 cm³/mol. The molecule has 0 aliphatic heterocycles. The van der Waals surface area contributed by atoms with Crippen molar-refractivity contribution < 1.29 is 0 Å². The summed E-state index contributed by atoms with van der Waals surface area (Å²) in [6, 6.07) is 2.05. The highest BCUT2D eigenvalue weighted by molar-refractivity contribution is 4.94.